The van der Waals surface area contributed by atoms with Gasteiger partial charge in [-0.3, -0.25) is 0 Å². The number of nitrogens with one attached hydrogen (secondary N) is 1. The number of rotatable bonds is 4. The summed E-state index contributed by atoms with van der Waals surface area (Å²) in [6, 6.07) is 19.1. The van der Waals surface area contributed by atoms with E-state index < -0.39 is 0 Å². The molecule has 0 bridgehead atoms. The number of hydrogen-bond acceptors (Lipinski definition) is 5. The summed E-state index contributed by atoms with van der Waals surface area (Å²) in [5, 5.41) is 4.69. The van der Waals surface area contributed by atoms with Gasteiger partial charge in [-0.25, -0.2) is 15.0 Å². The first-order chi connectivity index (χ1) is 12.7. The Morgan fingerprint density at radius 1 is 0.962 bits per heavy atom. The molecule has 4 aromatic rings. The van der Waals surface area contributed by atoms with Gasteiger partial charge >= 0.3 is 0 Å². The largest absolute Gasteiger partial charge is 0.497 e. The Hall–Kier alpha value is -3.18. The summed E-state index contributed by atoms with van der Waals surface area (Å²) < 4.78 is 5.34. The Morgan fingerprint density at radius 2 is 1.81 bits per heavy atom. The van der Waals surface area contributed by atoms with Crippen LogP contribution in [0.5, 0.6) is 5.75 Å². The minimum atomic E-state index is 0.578. The molecule has 0 aliphatic rings. The average Bonchev–Trinajstić information content (AvgIpc) is 2.70. The number of hydrogen-bond donors (Lipinski definition) is 1. The maximum absolute atomic E-state index is 5.92. The van der Waals surface area contributed by atoms with Crippen LogP contribution in [0.2, 0.25) is 5.02 Å². The SMILES string of the molecule is COc1ccc2nc(-c3ccccc3)nc(Nc3ccc(Cl)cn3)c2c1. The molecule has 2 heterocycles. The van der Waals surface area contributed by atoms with Crippen molar-refractivity contribution in [3.05, 3.63) is 71.9 Å². The highest BCUT2D eigenvalue weighted by atomic mass is 35.5. The number of aromatic nitrogens is 3. The van der Waals surface area contributed by atoms with Crippen LogP contribution in [0.4, 0.5) is 11.6 Å². The molecule has 0 aliphatic heterocycles. The van der Waals surface area contributed by atoms with Gasteiger partial charge in [-0.15, -0.1) is 0 Å². The van der Waals surface area contributed by atoms with E-state index in [2.05, 4.69) is 15.3 Å². The summed E-state index contributed by atoms with van der Waals surface area (Å²) >= 11 is 5.92. The summed E-state index contributed by atoms with van der Waals surface area (Å²) in [4.78, 5) is 13.7. The second-order valence-corrected chi connectivity index (χ2v) is 6.07. The second-order valence-electron chi connectivity index (χ2n) is 5.63. The number of anilines is 2. The lowest BCUT2D eigenvalue weighted by molar-refractivity contribution is 0.415. The number of nitrogens with zero attached hydrogens (tertiary/aromatic N) is 3. The molecule has 4 rings (SSSR count). The molecule has 2 aromatic heterocycles. The molecule has 0 atom stereocenters. The van der Waals surface area contributed by atoms with Crippen molar-refractivity contribution in [3.8, 4) is 17.1 Å². The molecule has 0 radical (unpaired) electrons. The zero-order chi connectivity index (χ0) is 17.9. The molecule has 0 aliphatic carbocycles. The van der Waals surface area contributed by atoms with Gasteiger partial charge < -0.3 is 10.1 Å². The van der Waals surface area contributed by atoms with Crippen LogP contribution in [-0.2, 0) is 0 Å². The molecule has 0 saturated heterocycles. The highest BCUT2D eigenvalue weighted by Crippen LogP contribution is 2.29. The Kier molecular flexibility index (Phi) is 4.37. The maximum Gasteiger partial charge on any atom is 0.162 e. The minimum absolute atomic E-state index is 0.578. The molecule has 6 heteroatoms. The summed E-state index contributed by atoms with van der Waals surface area (Å²) in [7, 11) is 1.63. The fourth-order valence-electron chi connectivity index (χ4n) is 2.62. The van der Waals surface area contributed by atoms with Crippen LogP contribution in [0.15, 0.2) is 66.9 Å². The number of halogens is 1. The maximum atomic E-state index is 5.92. The highest BCUT2D eigenvalue weighted by molar-refractivity contribution is 6.30. The van der Waals surface area contributed by atoms with E-state index in [0.717, 1.165) is 22.2 Å². The number of fused-ring (bicyclic) bond motifs is 1. The Balaban J connectivity index is 1.87. The van der Waals surface area contributed by atoms with Gasteiger partial charge in [0.15, 0.2) is 5.82 Å². The van der Waals surface area contributed by atoms with Crippen LogP contribution in [-0.4, -0.2) is 22.1 Å². The van der Waals surface area contributed by atoms with E-state index in [9.17, 15) is 0 Å². The van der Waals surface area contributed by atoms with Crippen LogP contribution in [0.3, 0.4) is 0 Å². The minimum Gasteiger partial charge on any atom is -0.497 e. The monoisotopic (exact) mass is 362 g/mol. The number of benzene rings is 2. The molecular formula is C20H15ClN4O. The lowest BCUT2D eigenvalue weighted by Crippen LogP contribution is -2.01. The van der Waals surface area contributed by atoms with Gasteiger partial charge in [0.2, 0.25) is 0 Å². The Bertz CT molecular complexity index is 1050. The molecule has 1 N–H and O–H groups in total. The van der Waals surface area contributed by atoms with Gasteiger partial charge in [0.05, 0.1) is 17.6 Å². The fraction of sp³-hybridized carbons (Fsp3) is 0.0500. The van der Waals surface area contributed by atoms with Gasteiger partial charge in [-0.1, -0.05) is 41.9 Å². The molecule has 0 spiro atoms. The Morgan fingerprint density at radius 3 is 2.54 bits per heavy atom. The summed E-state index contributed by atoms with van der Waals surface area (Å²) in [5.41, 5.74) is 1.76. The molecule has 128 valence electrons. The zero-order valence-electron chi connectivity index (χ0n) is 14.0. The third kappa shape index (κ3) is 3.30. The van der Waals surface area contributed by atoms with E-state index in [1.165, 1.54) is 0 Å². The smallest absolute Gasteiger partial charge is 0.162 e. The van der Waals surface area contributed by atoms with Gasteiger partial charge in [0.25, 0.3) is 0 Å². The number of methoxy groups -OCH3 is 1. The summed E-state index contributed by atoms with van der Waals surface area (Å²) in [5.74, 6) is 2.68. The van der Waals surface area contributed by atoms with Crippen molar-refractivity contribution < 1.29 is 4.74 Å². The van der Waals surface area contributed by atoms with E-state index >= 15 is 0 Å². The van der Waals surface area contributed by atoms with Crippen molar-refractivity contribution in [1.29, 1.82) is 0 Å². The molecule has 26 heavy (non-hydrogen) atoms. The van der Waals surface area contributed by atoms with E-state index in [1.807, 2.05) is 48.5 Å². The molecule has 0 unspecified atom stereocenters. The van der Waals surface area contributed by atoms with Crippen LogP contribution >= 0.6 is 11.6 Å². The van der Waals surface area contributed by atoms with Gasteiger partial charge in [-0.2, -0.15) is 0 Å². The van der Waals surface area contributed by atoms with Crippen LogP contribution in [0.25, 0.3) is 22.3 Å². The van der Waals surface area contributed by atoms with Crippen molar-refractivity contribution in [2.45, 2.75) is 0 Å². The number of ether oxygens (including phenoxy) is 1. The van der Waals surface area contributed by atoms with Crippen LogP contribution in [0.1, 0.15) is 0 Å². The quantitative estimate of drug-likeness (QED) is 0.547. The Labute approximate surface area is 155 Å². The molecule has 0 amide bonds. The second kappa shape index (κ2) is 6.98. The standard InChI is InChI=1S/C20H15ClN4O/c1-26-15-8-9-17-16(11-15)20(24-18-10-7-14(21)12-22-18)25-19(23-17)13-5-3-2-4-6-13/h2-12H,1H3,(H,22,23,24,25). The third-order valence-electron chi connectivity index (χ3n) is 3.91. The van der Waals surface area contributed by atoms with E-state index in [-0.39, 0.29) is 0 Å². The van der Waals surface area contributed by atoms with Crippen molar-refractivity contribution in [1.82, 2.24) is 15.0 Å². The summed E-state index contributed by atoms with van der Waals surface area (Å²) in [6.45, 7) is 0. The first-order valence-electron chi connectivity index (χ1n) is 8.03. The first-order valence-corrected chi connectivity index (χ1v) is 8.40. The lowest BCUT2D eigenvalue weighted by atomic mass is 10.1. The van der Waals surface area contributed by atoms with Gasteiger partial charge in [0, 0.05) is 17.1 Å². The molecule has 5 nitrogen and oxygen atoms in total. The van der Waals surface area contributed by atoms with Gasteiger partial charge in [-0.05, 0) is 30.3 Å². The average molecular weight is 363 g/mol. The zero-order valence-corrected chi connectivity index (χ0v) is 14.7. The summed E-state index contributed by atoms with van der Waals surface area (Å²) in [6.07, 6.45) is 1.59. The van der Waals surface area contributed by atoms with Crippen molar-refractivity contribution in [2.24, 2.45) is 0 Å². The topological polar surface area (TPSA) is 59.9 Å². The molecule has 0 saturated carbocycles. The van der Waals surface area contributed by atoms with E-state index in [4.69, 9.17) is 21.3 Å². The molecule has 0 fully saturated rings. The van der Waals surface area contributed by atoms with Crippen molar-refractivity contribution in [3.63, 3.8) is 0 Å². The fourth-order valence-corrected chi connectivity index (χ4v) is 2.73. The predicted molar refractivity (Wildman–Crippen MR) is 104 cm³/mol. The van der Waals surface area contributed by atoms with Crippen LogP contribution in [0, 0.1) is 0 Å². The van der Waals surface area contributed by atoms with Gasteiger partial charge in [0.1, 0.15) is 17.4 Å². The molecule has 2 aromatic carbocycles. The van der Waals surface area contributed by atoms with Crippen molar-refractivity contribution in [2.75, 3.05) is 12.4 Å². The van der Waals surface area contributed by atoms with E-state index in [0.29, 0.717) is 22.5 Å². The molecular weight excluding hydrogens is 348 g/mol. The third-order valence-corrected chi connectivity index (χ3v) is 4.13. The van der Waals surface area contributed by atoms with E-state index in [1.54, 1.807) is 25.4 Å². The number of pyridine rings is 1. The van der Waals surface area contributed by atoms with Crippen LogP contribution < -0.4 is 10.1 Å². The lowest BCUT2D eigenvalue weighted by Gasteiger charge is -2.11. The van der Waals surface area contributed by atoms with Crippen molar-refractivity contribution >= 4 is 34.1 Å². The predicted octanol–water partition coefficient (Wildman–Crippen LogP) is 5.10. The normalized spacial score (nSPS) is 10.7. The highest BCUT2D eigenvalue weighted by Gasteiger charge is 2.11. The first kappa shape index (κ1) is 16.3.